The summed E-state index contributed by atoms with van der Waals surface area (Å²) in [5, 5.41) is 0. The van der Waals surface area contributed by atoms with Crippen molar-refractivity contribution >= 4 is 20.8 Å². The van der Waals surface area contributed by atoms with Gasteiger partial charge in [0.2, 0.25) is 0 Å². The van der Waals surface area contributed by atoms with Gasteiger partial charge >= 0.3 is 0 Å². The monoisotopic (exact) mass is 308 g/mol. The molecule has 0 aromatic carbocycles. The van der Waals surface area contributed by atoms with Crippen LogP contribution in [-0.2, 0) is 37.9 Å². The van der Waals surface area contributed by atoms with Crippen molar-refractivity contribution < 1.29 is 57.6 Å². The third kappa shape index (κ3) is 77400. The summed E-state index contributed by atoms with van der Waals surface area (Å²) in [5.74, 6) is 0. The van der Waals surface area contributed by atoms with Crippen LogP contribution in [0.2, 0.25) is 0 Å². The summed E-state index contributed by atoms with van der Waals surface area (Å²) in [5.41, 5.74) is 0. The molecule has 0 aliphatic rings. The molecule has 0 aromatic rings. The van der Waals surface area contributed by atoms with Crippen LogP contribution in [0.5, 0.6) is 0 Å². The van der Waals surface area contributed by atoms with Gasteiger partial charge < -0.3 is 36.0 Å². The van der Waals surface area contributed by atoms with Gasteiger partial charge in [-0.15, -0.1) is 0 Å². The second kappa shape index (κ2) is 13.1. The summed E-state index contributed by atoms with van der Waals surface area (Å²) < 4.78 is 68.2. The molecule has 0 rings (SSSR count). The van der Waals surface area contributed by atoms with Crippen LogP contribution < -0.4 is 12.3 Å². The standard InChI is InChI=1S/Cu.2H3N.2H2O4S.H2O/c;;;2*1-5(2,3)4;/h;2*1H3;2*(H2,1,2,3,4);1H2/p-3. The molecular weight excluding hydrogens is 300 g/mol. The maximum absolute atomic E-state index is 8.52. The number of rotatable bonds is 0. The predicted octanol–water partition coefficient (Wildman–Crippen LogP) is -2.10. The Morgan fingerprint density at radius 2 is 0.643 bits per heavy atom. The summed E-state index contributed by atoms with van der Waals surface area (Å²) in [4.78, 5) is 0. The van der Waals surface area contributed by atoms with Crippen molar-refractivity contribution in [1.29, 1.82) is 0 Å². The van der Waals surface area contributed by atoms with E-state index in [1.54, 1.807) is 0 Å². The Morgan fingerprint density at radius 3 is 0.643 bits per heavy atom. The second-order valence-electron chi connectivity index (χ2n) is 0.816. The van der Waals surface area contributed by atoms with Gasteiger partial charge in [-0.3, -0.25) is 16.8 Å². The molecule has 0 fully saturated rings. The third-order valence-electron chi connectivity index (χ3n) is 0. The van der Waals surface area contributed by atoms with Gasteiger partial charge in [-0.1, -0.05) is 0 Å². The Balaban J connectivity index is -0.0000000178. The molecule has 11 nitrogen and oxygen atoms in total. The summed E-state index contributed by atoms with van der Waals surface area (Å²) in [6.45, 7) is 0. The topological polar surface area (TPSA) is 264 Å². The maximum Gasteiger partial charge on any atom is 0.0311 e. The van der Waals surface area contributed by atoms with Gasteiger partial charge in [0.25, 0.3) is 0 Å². The van der Waals surface area contributed by atoms with Crippen LogP contribution >= 0.6 is 0 Å². The van der Waals surface area contributed by atoms with Crippen molar-refractivity contribution in [3.8, 4) is 0 Å². The number of hydrogen-bond donors (Lipinski definition) is 2. The first-order valence-corrected chi connectivity index (χ1v) is 4.00. The van der Waals surface area contributed by atoms with E-state index in [-0.39, 0.29) is 34.8 Å². The predicted molar refractivity (Wildman–Crippen MR) is 34.9 cm³/mol. The fraction of sp³-hybridized carbons (Fsp3) is 0. The quantitative estimate of drug-likeness (QED) is 0.281. The van der Waals surface area contributed by atoms with Crippen LogP contribution in [0.1, 0.15) is 0 Å². The maximum atomic E-state index is 8.52. The van der Waals surface area contributed by atoms with Crippen LogP contribution in [-0.4, -0.2) is 40.5 Å². The fourth-order valence-corrected chi connectivity index (χ4v) is 0. The first-order chi connectivity index (χ1) is 4.00. The van der Waals surface area contributed by atoms with Gasteiger partial charge in [-0.2, -0.15) is 0 Å². The van der Waals surface area contributed by atoms with Gasteiger partial charge in [0.1, 0.15) is 0 Å². The molecule has 14 heavy (non-hydrogen) atoms. The van der Waals surface area contributed by atoms with Crippen molar-refractivity contribution in [3.63, 3.8) is 0 Å². The molecule has 0 heterocycles. The van der Waals surface area contributed by atoms with Gasteiger partial charge in [0.05, 0.1) is 0 Å². The van der Waals surface area contributed by atoms with Crippen molar-refractivity contribution in [3.05, 3.63) is 0 Å². The number of quaternary nitrogens is 2. The zero-order valence-electron chi connectivity index (χ0n) is 6.83. The van der Waals surface area contributed by atoms with E-state index >= 15 is 0 Å². The molecule has 0 aliphatic heterocycles. The van der Waals surface area contributed by atoms with E-state index in [9.17, 15) is 0 Å². The Hall–Kier alpha value is 0.139. The van der Waals surface area contributed by atoms with Crippen LogP contribution in [0.15, 0.2) is 0 Å². The van der Waals surface area contributed by atoms with E-state index < -0.39 is 20.8 Å². The molecule has 0 saturated carbocycles. The molecule has 0 atom stereocenters. The summed E-state index contributed by atoms with van der Waals surface area (Å²) in [6, 6.07) is 0. The molecule has 0 amide bonds. The van der Waals surface area contributed by atoms with Crippen LogP contribution in [0.4, 0.5) is 0 Å². The molecule has 99 valence electrons. The van der Waals surface area contributed by atoms with Gasteiger partial charge in [0, 0.05) is 37.9 Å². The van der Waals surface area contributed by atoms with Crippen molar-refractivity contribution in [2.45, 2.75) is 0 Å². The van der Waals surface area contributed by atoms with Gasteiger partial charge in [0.15, 0.2) is 0 Å². The Morgan fingerprint density at radius 1 is 0.643 bits per heavy atom. The average Bonchev–Trinajstić information content (AvgIpc) is 1.12. The normalized spacial score (nSPS) is 8.29. The zero-order chi connectivity index (χ0) is 9.00. The Kier molecular flexibility index (Phi) is 34.6. The van der Waals surface area contributed by atoms with Crippen LogP contribution in [0.3, 0.4) is 0 Å². The first-order valence-electron chi connectivity index (χ1n) is 1.33. The summed E-state index contributed by atoms with van der Waals surface area (Å²) in [6.07, 6.45) is 0. The van der Waals surface area contributed by atoms with Crippen LogP contribution in [0.25, 0.3) is 0 Å². The molecule has 14 heteroatoms. The molecule has 9 N–H and O–H groups in total. The second-order valence-corrected chi connectivity index (χ2v) is 2.45. The van der Waals surface area contributed by atoms with Crippen LogP contribution in [0, 0.1) is 0 Å². The largest absolute Gasteiger partial charge is 0.870 e. The first kappa shape index (κ1) is 36.8. The number of hydrogen-bond acceptors (Lipinski definition) is 9. The SMILES string of the molecule is O=S(=O)([O-])[O-].O=S(=O)([O-])[O-].[Cu].[NH4+].[NH4+].[OH-]. The summed E-state index contributed by atoms with van der Waals surface area (Å²) in [7, 11) is -10.3. The van der Waals surface area contributed by atoms with E-state index in [0.29, 0.717) is 0 Å². The average molecular weight is 309 g/mol. The van der Waals surface area contributed by atoms with Gasteiger partial charge in [-0.05, 0) is 0 Å². The minimum atomic E-state index is -5.17. The molecule has 0 saturated heterocycles. The summed E-state index contributed by atoms with van der Waals surface area (Å²) >= 11 is 0. The minimum Gasteiger partial charge on any atom is -0.870 e. The minimum absolute atomic E-state index is 0. The van der Waals surface area contributed by atoms with Gasteiger partial charge in [-0.25, -0.2) is 0 Å². The third-order valence-corrected chi connectivity index (χ3v) is 0. The van der Waals surface area contributed by atoms with E-state index in [2.05, 4.69) is 0 Å². The molecular formula is H9CuN2O9S2-3. The van der Waals surface area contributed by atoms with Crippen molar-refractivity contribution in [2.24, 2.45) is 0 Å². The van der Waals surface area contributed by atoms with E-state index in [0.717, 1.165) is 0 Å². The Labute approximate surface area is 91.0 Å². The van der Waals surface area contributed by atoms with E-state index in [1.807, 2.05) is 0 Å². The zero-order valence-corrected chi connectivity index (χ0v) is 9.41. The molecule has 0 bridgehead atoms. The molecule has 0 spiro atoms. The molecule has 0 aliphatic carbocycles. The van der Waals surface area contributed by atoms with Crippen molar-refractivity contribution in [2.75, 3.05) is 0 Å². The molecule has 1 radical (unpaired) electrons. The van der Waals surface area contributed by atoms with Crippen molar-refractivity contribution in [1.82, 2.24) is 12.3 Å². The van der Waals surface area contributed by atoms with E-state index in [4.69, 9.17) is 35.0 Å². The molecule has 0 aromatic heterocycles. The van der Waals surface area contributed by atoms with E-state index in [1.165, 1.54) is 0 Å². The molecule has 0 unspecified atom stereocenters. The fourth-order valence-electron chi connectivity index (χ4n) is 0. The smallest absolute Gasteiger partial charge is 0.0311 e. The Bertz CT molecular complexity index is 217.